The number of rotatable bonds is 9. The van der Waals surface area contributed by atoms with Crippen molar-refractivity contribution in [1.82, 2.24) is 20.5 Å². The number of hydrogen-bond acceptors (Lipinski definition) is 7. The van der Waals surface area contributed by atoms with Gasteiger partial charge in [-0.05, 0) is 57.2 Å². The van der Waals surface area contributed by atoms with Crippen molar-refractivity contribution in [3.8, 4) is 10.4 Å². The summed E-state index contributed by atoms with van der Waals surface area (Å²) in [5.41, 5.74) is 3.27. The normalized spacial score (nSPS) is 18.9. The lowest BCUT2D eigenvalue weighted by Gasteiger charge is -2.33. The number of hydrogen-bond donors (Lipinski definition) is 2. The van der Waals surface area contributed by atoms with Crippen LogP contribution < -0.4 is 10.6 Å². The summed E-state index contributed by atoms with van der Waals surface area (Å²) in [5.74, 6) is 0.0815. The molecule has 0 aromatic carbocycles. The lowest BCUT2D eigenvalue weighted by molar-refractivity contribution is -0.148. The Morgan fingerprint density at radius 2 is 2.21 bits per heavy atom. The molecule has 2 aromatic rings. The number of carbonyl (C=O) groups is 2. The van der Waals surface area contributed by atoms with E-state index in [2.05, 4.69) is 39.4 Å². The Kier molecular flexibility index (Phi) is 8.18. The van der Waals surface area contributed by atoms with E-state index in [1.54, 1.807) is 11.3 Å². The van der Waals surface area contributed by atoms with E-state index in [9.17, 15) is 9.59 Å². The molecule has 3 heterocycles. The van der Waals surface area contributed by atoms with E-state index in [0.717, 1.165) is 48.4 Å². The smallest absolute Gasteiger partial charge is 0.406 e. The number of thiophene rings is 1. The van der Waals surface area contributed by atoms with E-state index in [0.29, 0.717) is 19.7 Å². The first-order valence-corrected chi connectivity index (χ1v) is 12.8. The Morgan fingerprint density at radius 1 is 1.38 bits per heavy atom. The molecule has 184 valence electrons. The molecule has 2 amide bonds. The summed E-state index contributed by atoms with van der Waals surface area (Å²) in [5, 5.41) is 6.02. The molecule has 1 saturated carbocycles. The van der Waals surface area contributed by atoms with Crippen molar-refractivity contribution in [3.63, 3.8) is 0 Å². The predicted octanol–water partition coefficient (Wildman–Crippen LogP) is 3.45. The van der Waals surface area contributed by atoms with Crippen LogP contribution in [0.25, 0.3) is 10.4 Å². The first-order valence-electron chi connectivity index (χ1n) is 12.0. The van der Waals surface area contributed by atoms with Crippen molar-refractivity contribution in [2.75, 3.05) is 33.4 Å². The lowest BCUT2D eigenvalue weighted by Crippen LogP contribution is -2.50. The molecule has 0 radical (unpaired) electrons. The number of nitrogens with zero attached hydrogens (tertiary/aromatic N) is 2. The van der Waals surface area contributed by atoms with E-state index >= 15 is 0 Å². The van der Waals surface area contributed by atoms with Gasteiger partial charge in [0, 0.05) is 52.9 Å². The van der Waals surface area contributed by atoms with E-state index in [1.165, 1.54) is 17.6 Å². The van der Waals surface area contributed by atoms with Crippen LogP contribution in [-0.4, -0.2) is 67.4 Å². The van der Waals surface area contributed by atoms with E-state index in [1.807, 2.05) is 24.1 Å². The summed E-state index contributed by atoms with van der Waals surface area (Å²) >= 11 is 1.73. The second-order valence-corrected chi connectivity index (χ2v) is 10.0. The zero-order chi connectivity index (χ0) is 24.1. The van der Waals surface area contributed by atoms with Crippen LogP contribution in [0.2, 0.25) is 0 Å². The van der Waals surface area contributed by atoms with E-state index in [-0.39, 0.29) is 18.0 Å². The molecule has 8 nitrogen and oxygen atoms in total. The highest BCUT2D eigenvalue weighted by Crippen LogP contribution is 2.41. The number of aryl methyl sites for hydroxylation is 2. The predicted molar refractivity (Wildman–Crippen MR) is 132 cm³/mol. The largest absolute Gasteiger partial charge is 0.453 e. The minimum Gasteiger partial charge on any atom is -0.453 e. The first kappa shape index (κ1) is 24.6. The van der Waals surface area contributed by atoms with Gasteiger partial charge in [-0.25, -0.2) is 4.79 Å². The van der Waals surface area contributed by atoms with Gasteiger partial charge in [0.25, 0.3) is 5.91 Å². The molecule has 1 aliphatic heterocycles. The molecule has 1 aliphatic carbocycles. The maximum atomic E-state index is 13.4. The molecule has 2 aliphatic rings. The van der Waals surface area contributed by atoms with Crippen molar-refractivity contribution in [2.24, 2.45) is 0 Å². The van der Waals surface area contributed by atoms with Gasteiger partial charge in [0.2, 0.25) is 0 Å². The van der Waals surface area contributed by atoms with E-state index < -0.39 is 12.2 Å². The molecule has 2 fully saturated rings. The standard InChI is InChI=1S/C25H34N4O4S/c1-16-6-7-19(14-28-16)23-18(5-4-10-27-25(31)32-3)13-22(34-23)17(2)29(20-8-9-20)24(30)21-15-26-11-12-33-21/h6-7,13-14,17,20-21,26H,4-5,8-12,15H2,1-3H3,(H,27,31)/t17-,21-/m1/s1. The van der Waals surface area contributed by atoms with Crippen LogP contribution in [0, 0.1) is 6.92 Å². The van der Waals surface area contributed by atoms with E-state index in [4.69, 9.17) is 4.74 Å². The summed E-state index contributed by atoms with van der Waals surface area (Å²) < 4.78 is 10.4. The first-order chi connectivity index (χ1) is 16.5. The van der Waals surface area contributed by atoms with Gasteiger partial charge >= 0.3 is 6.09 Å². The number of morpholine rings is 1. The summed E-state index contributed by atoms with van der Waals surface area (Å²) in [6.07, 6.45) is 4.77. The molecule has 0 bridgehead atoms. The van der Waals surface area contributed by atoms with Gasteiger partial charge in [-0.2, -0.15) is 0 Å². The van der Waals surface area contributed by atoms with Gasteiger partial charge in [0.15, 0.2) is 0 Å². The summed E-state index contributed by atoms with van der Waals surface area (Å²) in [6.45, 7) is 6.56. The van der Waals surface area contributed by atoms with Crippen molar-refractivity contribution < 1.29 is 19.1 Å². The Morgan fingerprint density at radius 3 is 2.85 bits per heavy atom. The third-order valence-electron chi connectivity index (χ3n) is 6.31. The second kappa shape index (κ2) is 11.3. The molecule has 2 N–H and O–H groups in total. The van der Waals surface area contributed by atoms with Crippen LogP contribution in [0.5, 0.6) is 0 Å². The van der Waals surface area contributed by atoms with Gasteiger partial charge in [-0.3, -0.25) is 9.78 Å². The maximum Gasteiger partial charge on any atom is 0.406 e. The van der Waals surface area contributed by atoms with Crippen LogP contribution in [0.15, 0.2) is 24.4 Å². The lowest BCUT2D eigenvalue weighted by atomic mass is 10.0. The van der Waals surface area contributed by atoms with Gasteiger partial charge in [-0.15, -0.1) is 11.3 Å². The zero-order valence-electron chi connectivity index (χ0n) is 20.1. The fourth-order valence-electron chi connectivity index (χ4n) is 4.30. The fourth-order valence-corrected chi connectivity index (χ4v) is 5.55. The number of amides is 2. The topological polar surface area (TPSA) is 92.8 Å². The number of nitrogens with one attached hydrogen (secondary N) is 2. The number of aromatic nitrogens is 1. The Balaban J connectivity index is 1.56. The molecular weight excluding hydrogens is 452 g/mol. The third kappa shape index (κ3) is 5.95. The Labute approximate surface area is 205 Å². The van der Waals surface area contributed by atoms with Gasteiger partial charge in [-0.1, -0.05) is 6.07 Å². The van der Waals surface area contributed by atoms with Gasteiger partial charge < -0.3 is 25.0 Å². The average molecular weight is 487 g/mol. The number of carbonyl (C=O) groups excluding carboxylic acids is 2. The Hall–Kier alpha value is -2.49. The van der Waals surface area contributed by atoms with Crippen molar-refractivity contribution in [3.05, 3.63) is 40.5 Å². The molecule has 0 unspecified atom stereocenters. The van der Waals surface area contributed by atoms with Gasteiger partial charge in [0.05, 0.1) is 19.8 Å². The SMILES string of the molecule is COC(=O)NCCCc1cc([C@@H](C)N(C(=O)[C@H]2CNCCO2)C2CC2)sc1-c1ccc(C)nc1. The summed E-state index contributed by atoms with van der Waals surface area (Å²) in [6, 6.07) is 6.60. The second-order valence-electron chi connectivity index (χ2n) is 8.93. The van der Waals surface area contributed by atoms with Crippen LogP contribution >= 0.6 is 11.3 Å². The quantitative estimate of drug-likeness (QED) is 0.528. The van der Waals surface area contributed by atoms with Crippen molar-refractivity contribution in [2.45, 2.75) is 57.7 Å². The molecule has 2 aromatic heterocycles. The number of methoxy groups -OCH3 is 1. The number of ether oxygens (including phenoxy) is 2. The maximum absolute atomic E-state index is 13.4. The molecule has 0 spiro atoms. The summed E-state index contributed by atoms with van der Waals surface area (Å²) in [7, 11) is 1.37. The van der Waals surface area contributed by atoms with Crippen LogP contribution in [0.3, 0.4) is 0 Å². The molecular formula is C25H34N4O4S. The van der Waals surface area contributed by atoms with Gasteiger partial charge in [0.1, 0.15) is 6.10 Å². The average Bonchev–Trinajstić information content (AvgIpc) is 3.60. The minimum atomic E-state index is -0.416. The highest BCUT2D eigenvalue weighted by Gasteiger charge is 2.40. The molecule has 9 heteroatoms. The highest BCUT2D eigenvalue weighted by molar-refractivity contribution is 7.15. The monoisotopic (exact) mass is 486 g/mol. The molecule has 1 saturated heterocycles. The fraction of sp³-hybridized carbons (Fsp3) is 0.560. The minimum absolute atomic E-state index is 0.0328. The third-order valence-corrected chi connectivity index (χ3v) is 7.70. The van der Waals surface area contributed by atoms with Crippen LogP contribution in [0.1, 0.15) is 48.4 Å². The highest BCUT2D eigenvalue weighted by atomic mass is 32.1. The number of alkyl carbamates (subject to hydrolysis) is 1. The molecule has 34 heavy (non-hydrogen) atoms. The number of pyridine rings is 1. The molecule has 4 rings (SSSR count). The zero-order valence-corrected chi connectivity index (χ0v) is 21.0. The molecule has 2 atom stereocenters. The van der Waals surface area contributed by atoms with Crippen molar-refractivity contribution in [1.29, 1.82) is 0 Å². The Bertz CT molecular complexity index is 983. The van der Waals surface area contributed by atoms with Crippen LogP contribution in [0.4, 0.5) is 4.79 Å². The summed E-state index contributed by atoms with van der Waals surface area (Å²) in [4.78, 5) is 33.7. The van der Waals surface area contributed by atoms with Crippen molar-refractivity contribution >= 4 is 23.3 Å². The van der Waals surface area contributed by atoms with Crippen LogP contribution in [-0.2, 0) is 20.7 Å².